The number of hydrogen-bond acceptors (Lipinski definition) is 7. The van der Waals surface area contributed by atoms with Crippen molar-refractivity contribution in [3.05, 3.63) is 30.0 Å². The average Bonchev–Trinajstić information content (AvgIpc) is 3.34. The molecule has 0 unspecified atom stereocenters. The first-order valence-electron chi connectivity index (χ1n) is 12.1. The van der Waals surface area contributed by atoms with E-state index >= 15 is 0 Å². The zero-order chi connectivity index (χ0) is 25.2. The summed E-state index contributed by atoms with van der Waals surface area (Å²) in [5.41, 5.74) is 2.13. The summed E-state index contributed by atoms with van der Waals surface area (Å²) in [6.45, 7) is 0.297. The topological polar surface area (TPSA) is 73.8 Å². The highest BCUT2D eigenvalue weighted by atomic mass is 19.3. The van der Waals surface area contributed by atoms with Gasteiger partial charge in [-0.2, -0.15) is 13.8 Å². The third-order valence-corrected chi connectivity index (χ3v) is 6.72. The van der Waals surface area contributed by atoms with Crippen LogP contribution in [0.25, 0.3) is 0 Å². The summed E-state index contributed by atoms with van der Waals surface area (Å²) in [6.07, 6.45) is 6.89. The molecule has 1 aromatic carbocycles. The minimum atomic E-state index is -3.50. The maximum atomic E-state index is 14.8. The van der Waals surface area contributed by atoms with Crippen molar-refractivity contribution < 1.29 is 18.3 Å². The summed E-state index contributed by atoms with van der Waals surface area (Å²) in [5.74, 6) is -3.50. The van der Waals surface area contributed by atoms with Gasteiger partial charge in [-0.1, -0.05) is 18.9 Å². The molecule has 0 atom stereocenters. The van der Waals surface area contributed by atoms with E-state index in [4.69, 9.17) is 4.74 Å². The molecule has 0 spiro atoms. The second kappa shape index (κ2) is 10.3. The Morgan fingerprint density at radius 2 is 2.00 bits per heavy atom. The van der Waals surface area contributed by atoms with Gasteiger partial charge in [-0.15, -0.1) is 0 Å². The Balaban J connectivity index is 1.66. The van der Waals surface area contributed by atoms with Crippen LogP contribution in [0.3, 0.4) is 0 Å². The third kappa shape index (κ3) is 5.47. The van der Waals surface area contributed by atoms with Gasteiger partial charge in [0.05, 0.1) is 25.5 Å². The first-order valence-corrected chi connectivity index (χ1v) is 12.1. The molecule has 10 heteroatoms. The van der Waals surface area contributed by atoms with Crippen molar-refractivity contribution in [2.45, 2.75) is 50.5 Å². The van der Waals surface area contributed by atoms with Crippen LogP contribution in [0, 0.1) is 0 Å². The number of carbonyl (C=O) groups is 1. The number of hydrogen-bond donors (Lipinski definition) is 1. The molecule has 8 nitrogen and oxygen atoms in total. The van der Waals surface area contributed by atoms with Gasteiger partial charge in [0.2, 0.25) is 5.95 Å². The molecule has 4 rings (SSSR count). The second-order valence-corrected chi connectivity index (χ2v) is 9.60. The predicted octanol–water partition coefficient (Wildman–Crippen LogP) is 4.08. The minimum Gasteiger partial charge on any atom is -0.495 e. The summed E-state index contributed by atoms with van der Waals surface area (Å²) >= 11 is 0. The Morgan fingerprint density at radius 3 is 2.69 bits per heavy atom. The average molecular weight is 489 g/mol. The molecular weight excluding hydrogens is 454 g/mol. The van der Waals surface area contributed by atoms with E-state index in [9.17, 15) is 13.6 Å². The highest BCUT2D eigenvalue weighted by Gasteiger charge is 2.48. The maximum absolute atomic E-state index is 14.8. The first kappa shape index (κ1) is 25.1. The Hall–Kier alpha value is -3.01. The van der Waals surface area contributed by atoms with Crippen molar-refractivity contribution in [2.24, 2.45) is 0 Å². The molecule has 2 aromatic rings. The van der Waals surface area contributed by atoms with Gasteiger partial charge in [0.15, 0.2) is 5.82 Å². The second-order valence-electron chi connectivity index (χ2n) is 9.60. The first-order chi connectivity index (χ1) is 16.7. The van der Waals surface area contributed by atoms with E-state index in [1.807, 2.05) is 32.3 Å². The highest BCUT2D eigenvalue weighted by molar-refractivity contribution is 6.02. The quantitative estimate of drug-likeness (QED) is 0.600. The summed E-state index contributed by atoms with van der Waals surface area (Å²) in [6, 6.07) is 5.84. The lowest BCUT2D eigenvalue weighted by molar-refractivity contribution is -0.140. The smallest absolute Gasteiger partial charge is 0.342 e. The molecule has 190 valence electrons. The minimum absolute atomic E-state index is 0.0868. The van der Waals surface area contributed by atoms with Gasteiger partial charge in [0.1, 0.15) is 11.4 Å². The van der Waals surface area contributed by atoms with Crippen molar-refractivity contribution in [3.63, 3.8) is 0 Å². The van der Waals surface area contributed by atoms with Crippen molar-refractivity contribution in [1.29, 1.82) is 0 Å². The van der Waals surface area contributed by atoms with Crippen LogP contribution in [0.15, 0.2) is 24.4 Å². The summed E-state index contributed by atoms with van der Waals surface area (Å²) < 4.78 is 35.1. The predicted molar refractivity (Wildman–Crippen MR) is 133 cm³/mol. The van der Waals surface area contributed by atoms with Crippen LogP contribution in [-0.2, 0) is 11.2 Å². The number of nitrogens with zero attached hydrogens (tertiary/aromatic N) is 5. The highest BCUT2D eigenvalue weighted by Crippen LogP contribution is 2.40. The molecule has 35 heavy (non-hydrogen) atoms. The van der Waals surface area contributed by atoms with Crippen LogP contribution in [0.1, 0.15) is 37.7 Å². The number of methoxy groups -OCH3 is 1. The standard InChI is InChI=1S/C25H34F2N6O2/c1-31(2)13-7-8-17-11-12-21(35-4)19(14-17)29-24-28-15-20-22(30-24)33(18-9-5-6-10-18)16-25(26,27)23(34)32(20)3/h11-12,14-15,18H,5-10,13,16H2,1-4H3,(H,28,29,30). The van der Waals surface area contributed by atoms with Crippen LogP contribution in [-0.4, -0.2) is 74.1 Å². The van der Waals surface area contributed by atoms with E-state index in [0.717, 1.165) is 55.5 Å². The number of rotatable bonds is 8. The van der Waals surface area contributed by atoms with Crippen LogP contribution in [0.5, 0.6) is 5.75 Å². The lowest BCUT2D eigenvalue weighted by Crippen LogP contribution is -2.48. The molecule has 2 aliphatic rings. The van der Waals surface area contributed by atoms with Gasteiger partial charge in [0.25, 0.3) is 5.91 Å². The number of halogens is 2. The molecule has 1 amide bonds. The molecule has 0 radical (unpaired) electrons. The fraction of sp³-hybridized carbons (Fsp3) is 0.560. The van der Waals surface area contributed by atoms with E-state index in [1.165, 1.54) is 13.2 Å². The molecule has 1 N–H and O–H groups in total. The van der Waals surface area contributed by atoms with Gasteiger partial charge in [-0.25, -0.2) is 4.98 Å². The molecular formula is C25H34F2N6O2. The molecule has 1 aromatic heterocycles. The molecule has 1 aliphatic carbocycles. The number of aromatic nitrogens is 2. The number of carbonyl (C=O) groups excluding carboxylic acids is 1. The number of aryl methyl sites for hydroxylation is 1. The van der Waals surface area contributed by atoms with Crippen molar-refractivity contribution in [3.8, 4) is 5.75 Å². The lowest BCUT2D eigenvalue weighted by atomic mass is 10.1. The van der Waals surface area contributed by atoms with E-state index in [1.54, 1.807) is 12.0 Å². The Labute approximate surface area is 205 Å². The molecule has 0 saturated heterocycles. The summed E-state index contributed by atoms with van der Waals surface area (Å²) in [7, 11) is 7.04. The van der Waals surface area contributed by atoms with E-state index < -0.39 is 18.4 Å². The van der Waals surface area contributed by atoms with Gasteiger partial charge >= 0.3 is 5.92 Å². The number of benzene rings is 1. The number of nitrogens with one attached hydrogen (secondary N) is 1. The van der Waals surface area contributed by atoms with Crippen LogP contribution in [0.4, 0.5) is 31.9 Å². The number of amides is 1. The molecule has 0 bridgehead atoms. The normalized spacial score (nSPS) is 18.1. The van der Waals surface area contributed by atoms with Crippen molar-refractivity contribution >= 4 is 29.0 Å². The largest absolute Gasteiger partial charge is 0.495 e. The van der Waals surface area contributed by atoms with Gasteiger partial charge in [0, 0.05) is 13.1 Å². The monoisotopic (exact) mass is 488 g/mol. The van der Waals surface area contributed by atoms with E-state index in [0.29, 0.717) is 17.3 Å². The lowest BCUT2D eigenvalue weighted by Gasteiger charge is -2.31. The fourth-order valence-electron chi connectivity index (χ4n) is 4.83. The summed E-state index contributed by atoms with van der Waals surface area (Å²) in [4.78, 5) is 26.2. The maximum Gasteiger partial charge on any atom is 0.342 e. The molecule has 1 saturated carbocycles. The number of alkyl halides is 2. The molecule has 2 heterocycles. The van der Waals surface area contributed by atoms with Crippen molar-refractivity contribution in [2.75, 3.05) is 56.5 Å². The summed E-state index contributed by atoms with van der Waals surface area (Å²) in [5, 5.41) is 3.22. The Morgan fingerprint density at radius 1 is 1.26 bits per heavy atom. The Kier molecular flexibility index (Phi) is 7.39. The number of anilines is 4. The van der Waals surface area contributed by atoms with E-state index in [2.05, 4.69) is 20.2 Å². The number of fused-ring (bicyclic) bond motifs is 1. The van der Waals surface area contributed by atoms with Gasteiger partial charge < -0.3 is 24.8 Å². The number of ether oxygens (including phenoxy) is 1. The third-order valence-electron chi connectivity index (χ3n) is 6.72. The van der Waals surface area contributed by atoms with Gasteiger partial charge in [-0.3, -0.25) is 4.79 Å². The van der Waals surface area contributed by atoms with Crippen LogP contribution < -0.4 is 19.9 Å². The van der Waals surface area contributed by atoms with Crippen LogP contribution >= 0.6 is 0 Å². The van der Waals surface area contributed by atoms with Gasteiger partial charge in [-0.05, 0) is 64.0 Å². The zero-order valence-electron chi connectivity index (χ0n) is 20.9. The zero-order valence-corrected chi connectivity index (χ0v) is 20.9. The molecule has 1 aliphatic heterocycles. The molecule has 1 fully saturated rings. The SMILES string of the molecule is COc1ccc(CCCN(C)C)cc1Nc1ncc2c(n1)N(C1CCCC1)CC(F)(F)C(=O)N2C. The van der Waals surface area contributed by atoms with E-state index in [-0.39, 0.29) is 17.7 Å². The van der Waals surface area contributed by atoms with Crippen molar-refractivity contribution in [1.82, 2.24) is 14.9 Å². The fourth-order valence-corrected chi connectivity index (χ4v) is 4.83. The Bertz CT molecular complexity index is 1060. The van der Waals surface area contributed by atoms with Crippen LogP contribution in [0.2, 0.25) is 0 Å².